The van der Waals surface area contributed by atoms with E-state index in [0.717, 1.165) is 0 Å². The van der Waals surface area contributed by atoms with E-state index in [1.807, 2.05) is 0 Å². The van der Waals surface area contributed by atoms with Crippen LogP contribution in [0.2, 0.25) is 5.02 Å². The highest BCUT2D eigenvalue weighted by Gasteiger charge is 2.17. The molecule has 21 heavy (non-hydrogen) atoms. The summed E-state index contributed by atoms with van der Waals surface area (Å²) >= 11 is 11.4. The zero-order chi connectivity index (χ0) is 15.6. The number of nitrogens with one attached hydrogen (secondary N) is 1. The fourth-order valence-electron chi connectivity index (χ4n) is 1.85. The van der Waals surface area contributed by atoms with E-state index in [1.54, 1.807) is 6.07 Å². The molecule has 0 aliphatic rings. The minimum Gasteiger partial charge on any atom is -0.320 e. The Morgan fingerprint density at radius 3 is 2.38 bits per heavy atom. The van der Waals surface area contributed by atoms with Crippen molar-refractivity contribution in [3.63, 3.8) is 0 Å². The molecular formula is C15H10Cl2FNO2. The summed E-state index contributed by atoms with van der Waals surface area (Å²) in [4.78, 5) is 23.6. The Bertz CT molecular complexity index is 732. The molecule has 0 aliphatic carbocycles. The van der Waals surface area contributed by atoms with Crippen LogP contribution < -0.4 is 5.32 Å². The second-order valence-electron chi connectivity index (χ2n) is 4.30. The van der Waals surface area contributed by atoms with Crippen LogP contribution in [-0.4, -0.2) is 11.1 Å². The van der Waals surface area contributed by atoms with Gasteiger partial charge in [0, 0.05) is 5.56 Å². The summed E-state index contributed by atoms with van der Waals surface area (Å²) in [5.74, 6) is -1.06. The van der Waals surface area contributed by atoms with Crippen molar-refractivity contribution in [3.05, 3.63) is 63.9 Å². The Balaban J connectivity index is 2.41. The van der Waals surface area contributed by atoms with E-state index in [0.29, 0.717) is 0 Å². The first kappa shape index (κ1) is 15.5. The van der Waals surface area contributed by atoms with Crippen LogP contribution in [0.5, 0.6) is 0 Å². The quantitative estimate of drug-likeness (QED) is 0.849. The van der Waals surface area contributed by atoms with E-state index in [2.05, 4.69) is 5.32 Å². The molecule has 0 heterocycles. The predicted molar refractivity (Wildman–Crippen MR) is 80.7 cm³/mol. The highest BCUT2D eigenvalue weighted by atomic mass is 35.5. The zero-order valence-electron chi connectivity index (χ0n) is 10.9. The van der Waals surface area contributed by atoms with Gasteiger partial charge >= 0.3 is 0 Å². The lowest BCUT2D eigenvalue weighted by Gasteiger charge is -2.12. The summed E-state index contributed by atoms with van der Waals surface area (Å²) in [6.45, 7) is 1.49. The van der Waals surface area contributed by atoms with Gasteiger partial charge in [0.2, 0.25) is 0 Å². The van der Waals surface area contributed by atoms with E-state index < -0.39 is 17.0 Å². The highest BCUT2D eigenvalue weighted by Crippen LogP contribution is 2.28. The molecule has 0 aromatic heterocycles. The third-order valence-corrected chi connectivity index (χ3v) is 3.49. The monoisotopic (exact) mass is 325 g/mol. The smallest absolute Gasteiger partial charge is 0.256 e. The molecule has 0 saturated heterocycles. The molecule has 0 fully saturated rings. The van der Waals surface area contributed by atoms with Crippen molar-refractivity contribution in [2.24, 2.45) is 0 Å². The van der Waals surface area contributed by atoms with Gasteiger partial charge in [-0.05, 0) is 48.4 Å². The molecular weight excluding hydrogens is 316 g/mol. The lowest BCUT2D eigenvalue weighted by molar-refractivity contribution is 0.102. The van der Waals surface area contributed by atoms with Gasteiger partial charge in [-0.2, -0.15) is 0 Å². The number of hydrogen-bond acceptors (Lipinski definition) is 2. The van der Waals surface area contributed by atoms with Crippen LogP contribution in [0, 0.1) is 12.7 Å². The first-order valence-electron chi connectivity index (χ1n) is 5.96. The number of benzene rings is 2. The highest BCUT2D eigenvalue weighted by molar-refractivity contribution is 6.68. The molecule has 3 nitrogen and oxygen atoms in total. The number of para-hydroxylation sites is 1. The first-order chi connectivity index (χ1) is 9.91. The molecule has 1 N–H and O–H groups in total. The van der Waals surface area contributed by atoms with Crippen LogP contribution in [0.15, 0.2) is 36.4 Å². The predicted octanol–water partition coefficient (Wildman–Crippen LogP) is 4.42. The van der Waals surface area contributed by atoms with Crippen LogP contribution >= 0.6 is 23.2 Å². The number of carbonyl (C=O) groups is 2. The molecule has 0 unspecified atom stereocenters. The van der Waals surface area contributed by atoms with Crippen molar-refractivity contribution >= 4 is 40.0 Å². The fraction of sp³-hybridized carbons (Fsp3) is 0.0667. The normalized spacial score (nSPS) is 10.3. The summed E-state index contributed by atoms with van der Waals surface area (Å²) in [6, 6.07) is 8.66. The molecule has 0 aliphatic heterocycles. The van der Waals surface area contributed by atoms with Crippen molar-refractivity contribution < 1.29 is 14.0 Å². The van der Waals surface area contributed by atoms with E-state index in [4.69, 9.17) is 23.2 Å². The van der Waals surface area contributed by atoms with Crippen LogP contribution in [0.3, 0.4) is 0 Å². The van der Waals surface area contributed by atoms with Gasteiger partial charge in [0.05, 0.1) is 16.3 Å². The summed E-state index contributed by atoms with van der Waals surface area (Å²) < 4.78 is 13.5. The molecule has 0 radical (unpaired) electrons. The maximum atomic E-state index is 13.5. The molecule has 0 atom stereocenters. The van der Waals surface area contributed by atoms with Crippen molar-refractivity contribution in [1.29, 1.82) is 0 Å². The van der Waals surface area contributed by atoms with Crippen molar-refractivity contribution in [2.75, 3.05) is 5.32 Å². The molecule has 1 amide bonds. The molecule has 6 heteroatoms. The second kappa shape index (κ2) is 6.24. The van der Waals surface area contributed by atoms with Gasteiger partial charge in [-0.15, -0.1) is 0 Å². The van der Waals surface area contributed by atoms with Crippen LogP contribution in [0.1, 0.15) is 26.3 Å². The molecule has 2 aromatic rings. The SMILES string of the molecule is Cc1c(F)cccc1C(=O)Nc1c(Cl)cccc1C(=O)Cl. The summed E-state index contributed by atoms with van der Waals surface area (Å²) in [6.07, 6.45) is 0. The second-order valence-corrected chi connectivity index (χ2v) is 5.05. The zero-order valence-corrected chi connectivity index (χ0v) is 12.4. The number of anilines is 1. The van der Waals surface area contributed by atoms with Crippen LogP contribution in [-0.2, 0) is 0 Å². The Morgan fingerprint density at radius 2 is 1.71 bits per heavy atom. The fourth-order valence-corrected chi connectivity index (χ4v) is 2.23. The Hall–Kier alpha value is -1.91. The molecule has 108 valence electrons. The number of hydrogen-bond donors (Lipinski definition) is 1. The number of rotatable bonds is 3. The van der Waals surface area contributed by atoms with Gasteiger partial charge in [0.25, 0.3) is 11.1 Å². The lowest BCUT2D eigenvalue weighted by Crippen LogP contribution is -2.16. The third-order valence-electron chi connectivity index (χ3n) is 2.98. The molecule has 2 aromatic carbocycles. The van der Waals surface area contributed by atoms with Crippen molar-refractivity contribution in [1.82, 2.24) is 0 Å². The topological polar surface area (TPSA) is 46.2 Å². The van der Waals surface area contributed by atoms with Gasteiger partial charge in [-0.1, -0.05) is 23.7 Å². The Kier molecular flexibility index (Phi) is 4.60. The Morgan fingerprint density at radius 1 is 1.10 bits per heavy atom. The minimum absolute atomic E-state index is 0.0755. The maximum absolute atomic E-state index is 13.5. The molecule has 0 bridgehead atoms. The largest absolute Gasteiger partial charge is 0.320 e. The van der Waals surface area contributed by atoms with Gasteiger partial charge in [-0.3, -0.25) is 9.59 Å². The van der Waals surface area contributed by atoms with E-state index in [1.165, 1.54) is 37.3 Å². The number of halogens is 3. The summed E-state index contributed by atoms with van der Waals surface area (Å²) in [7, 11) is 0. The summed E-state index contributed by atoms with van der Waals surface area (Å²) in [5, 5.41) is 1.93. The number of carbonyl (C=O) groups excluding carboxylic acids is 2. The van der Waals surface area contributed by atoms with Gasteiger partial charge in [-0.25, -0.2) is 4.39 Å². The number of amides is 1. The lowest BCUT2D eigenvalue weighted by atomic mass is 10.1. The van der Waals surface area contributed by atoms with Crippen molar-refractivity contribution in [3.8, 4) is 0 Å². The van der Waals surface area contributed by atoms with Crippen molar-refractivity contribution in [2.45, 2.75) is 6.92 Å². The first-order valence-corrected chi connectivity index (χ1v) is 6.72. The molecule has 0 spiro atoms. The molecule has 2 rings (SSSR count). The third kappa shape index (κ3) is 3.23. The van der Waals surface area contributed by atoms with E-state index in [-0.39, 0.29) is 27.4 Å². The maximum Gasteiger partial charge on any atom is 0.256 e. The Labute approximate surface area is 130 Å². The minimum atomic E-state index is -0.747. The van der Waals surface area contributed by atoms with E-state index >= 15 is 0 Å². The van der Waals surface area contributed by atoms with Gasteiger partial charge in [0.1, 0.15) is 5.82 Å². The standard InChI is InChI=1S/C15H10Cl2FNO2/c1-8-9(4-3-7-12(8)18)15(21)19-13-10(14(17)20)5-2-6-11(13)16/h2-7H,1H3,(H,19,21). The summed E-state index contributed by atoms with van der Waals surface area (Å²) in [5.41, 5.74) is 0.545. The van der Waals surface area contributed by atoms with Crippen LogP contribution in [0.4, 0.5) is 10.1 Å². The average molecular weight is 326 g/mol. The average Bonchev–Trinajstić information content (AvgIpc) is 2.43. The van der Waals surface area contributed by atoms with E-state index in [9.17, 15) is 14.0 Å². The van der Waals surface area contributed by atoms with Gasteiger partial charge in [0.15, 0.2) is 0 Å². The molecule has 0 saturated carbocycles. The van der Waals surface area contributed by atoms with Gasteiger partial charge < -0.3 is 5.32 Å². The van der Waals surface area contributed by atoms with Crippen LogP contribution in [0.25, 0.3) is 0 Å².